The van der Waals surface area contributed by atoms with E-state index in [0.717, 1.165) is 37.8 Å². The second kappa shape index (κ2) is 6.60. The Labute approximate surface area is 132 Å². The molecule has 0 radical (unpaired) electrons. The molecule has 0 unspecified atom stereocenters. The highest BCUT2D eigenvalue weighted by Crippen LogP contribution is 2.29. The average Bonchev–Trinajstić information content (AvgIpc) is 2.56. The molecule has 0 N–H and O–H groups in total. The Kier molecular flexibility index (Phi) is 4.75. The zero-order valence-electron chi connectivity index (χ0n) is 12.9. The lowest BCUT2D eigenvalue weighted by molar-refractivity contribution is -0.00800. The first kappa shape index (κ1) is 15.8. The van der Waals surface area contributed by atoms with E-state index in [1.165, 1.54) is 0 Å². The van der Waals surface area contributed by atoms with Crippen molar-refractivity contribution >= 4 is 10.0 Å². The number of rotatable bonds is 3. The monoisotopic (exact) mass is 325 g/mol. The van der Waals surface area contributed by atoms with Crippen LogP contribution < -0.4 is 0 Å². The van der Waals surface area contributed by atoms with Gasteiger partial charge in [-0.3, -0.25) is 0 Å². The zero-order valence-corrected chi connectivity index (χ0v) is 13.8. The minimum atomic E-state index is -3.24. The molecule has 6 nitrogen and oxygen atoms in total. The molecule has 1 atom stereocenters. The minimum absolute atomic E-state index is 0.224. The van der Waals surface area contributed by atoms with Gasteiger partial charge in [-0.1, -0.05) is 19.3 Å². The first-order valence-electron chi connectivity index (χ1n) is 7.97. The molecule has 1 aromatic rings. The van der Waals surface area contributed by atoms with Crippen LogP contribution in [0.15, 0.2) is 12.3 Å². The van der Waals surface area contributed by atoms with Gasteiger partial charge in [-0.05, 0) is 25.8 Å². The third-order valence-electron chi connectivity index (χ3n) is 4.46. The van der Waals surface area contributed by atoms with Crippen molar-refractivity contribution in [3.8, 4) is 0 Å². The maximum absolute atomic E-state index is 12.8. The van der Waals surface area contributed by atoms with Crippen molar-refractivity contribution < 1.29 is 13.2 Å². The number of aromatic nitrogens is 2. The Bertz CT molecular complexity index is 614. The van der Waals surface area contributed by atoms with Crippen LogP contribution >= 0.6 is 0 Å². The predicted molar refractivity (Wildman–Crippen MR) is 82.8 cm³/mol. The van der Waals surface area contributed by atoms with Gasteiger partial charge in [0.1, 0.15) is 6.10 Å². The zero-order chi connectivity index (χ0) is 15.6. The number of ether oxygens (including phenoxy) is 1. The van der Waals surface area contributed by atoms with Gasteiger partial charge in [0.05, 0.1) is 11.9 Å². The Morgan fingerprint density at radius 3 is 2.77 bits per heavy atom. The summed E-state index contributed by atoms with van der Waals surface area (Å²) in [5.74, 6) is 0.573. The average molecular weight is 325 g/mol. The van der Waals surface area contributed by atoms with Crippen molar-refractivity contribution in [1.82, 2.24) is 14.3 Å². The van der Waals surface area contributed by atoms with Crippen LogP contribution in [0.4, 0.5) is 0 Å². The van der Waals surface area contributed by atoms with E-state index in [2.05, 4.69) is 9.97 Å². The van der Waals surface area contributed by atoms with E-state index in [4.69, 9.17) is 4.74 Å². The molecule has 0 bridgehead atoms. The summed E-state index contributed by atoms with van der Waals surface area (Å²) in [5.41, 5.74) is 0.862. The van der Waals surface area contributed by atoms with E-state index in [0.29, 0.717) is 25.5 Å². The number of morpholine rings is 1. The van der Waals surface area contributed by atoms with Crippen LogP contribution in [0.2, 0.25) is 0 Å². The van der Waals surface area contributed by atoms with Crippen LogP contribution in [-0.2, 0) is 14.8 Å². The number of hydrogen-bond donors (Lipinski definition) is 0. The molecule has 122 valence electrons. The van der Waals surface area contributed by atoms with Crippen LogP contribution in [0.5, 0.6) is 0 Å². The van der Waals surface area contributed by atoms with Crippen molar-refractivity contribution in [2.24, 2.45) is 0 Å². The van der Waals surface area contributed by atoms with Crippen LogP contribution in [0, 0.1) is 6.92 Å². The fraction of sp³-hybridized carbons (Fsp3) is 0.733. The molecule has 22 heavy (non-hydrogen) atoms. The van der Waals surface area contributed by atoms with E-state index in [-0.39, 0.29) is 11.4 Å². The molecule has 1 saturated carbocycles. The van der Waals surface area contributed by atoms with Crippen molar-refractivity contribution in [1.29, 1.82) is 0 Å². The second-order valence-corrected chi connectivity index (χ2v) is 8.29. The van der Waals surface area contributed by atoms with Gasteiger partial charge in [0.15, 0.2) is 5.82 Å². The summed E-state index contributed by atoms with van der Waals surface area (Å²) < 4.78 is 32.9. The lowest BCUT2D eigenvalue weighted by Gasteiger charge is -2.35. The molecule has 1 saturated heterocycles. The number of nitrogens with zero attached hydrogens (tertiary/aromatic N) is 3. The summed E-state index contributed by atoms with van der Waals surface area (Å²) in [7, 11) is -3.24. The second-order valence-electron chi connectivity index (χ2n) is 6.08. The highest BCUT2D eigenvalue weighted by atomic mass is 32.2. The lowest BCUT2D eigenvalue weighted by atomic mass is 10.0. The summed E-state index contributed by atoms with van der Waals surface area (Å²) in [6.45, 7) is 3.04. The van der Waals surface area contributed by atoms with Crippen molar-refractivity contribution in [3.05, 3.63) is 23.8 Å². The standard InChI is InChI=1S/C15H23N3O3S/c1-12-7-8-16-15(17-12)14-11-18(9-10-21-14)22(19,20)13-5-3-2-4-6-13/h7-8,13-14H,2-6,9-11H2,1H3/t14-/m0/s1. The largest absolute Gasteiger partial charge is 0.367 e. The molecule has 2 aliphatic rings. The van der Waals surface area contributed by atoms with Gasteiger partial charge in [0.25, 0.3) is 0 Å². The van der Waals surface area contributed by atoms with Crippen molar-refractivity contribution in [3.63, 3.8) is 0 Å². The SMILES string of the molecule is Cc1ccnc([C@@H]2CN(S(=O)(=O)C3CCCCC3)CCO2)n1. The first-order valence-corrected chi connectivity index (χ1v) is 9.48. The summed E-state index contributed by atoms with van der Waals surface area (Å²) in [4.78, 5) is 8.60. The summed E-state index contributed by atoms with van der Waals surface area (Å²) in [5, 5.41) is -0.224. The highest BCUT2D eigenvalue weighted by molar-refractivity contribution is 7.89. The van der Waals surface area contributed by atoms with Gasteiger partial charge in [-0.15, -0.1) is 0 Å². The van der Waals surface area contributed by atoms with Crippen LogP contribution in [-0.4, -0.2) is 47.6 Å². The topological polar surface area (TPSA) is 72.4 Å². The molecule has 2 fully saturated rings. The van der Waals surface area contributed by atoms with E-state index in [9.17, 15) is 8.42 Å². The molecule has 1 aromatic heterocycles. The maximum Gasteiger partial charge on any atom is 0.217 e. The third kappa shape index (κ3) is 3.31. The molecule has 1 aliphatic heterocycles. The van der Waals surface area contributed by atoms with Gasteiger partial charge in [0, 0.05) is 25.0 Å². The van der Waals surface area contributed by atoms with Gasteiger partial charge in [-0.25, -0.2) is 18.4 Å². The molecule has 3 rings (SSSR count). The van der Waals surface area contributed by atoms with E-state index >= 15 is 0 Å². The quantitative estimate of drug-likeness (QED) is 0.847. The van der Waals surface area contributed by atoms with E-state index < -0.39 is 10.0 Å². The molecular weight excluding hydrogens is 302 g/mol. The smallest absolute Gasteiger partial charge is 0.217 e. The number of aryl methyl sites for hydroxylation is 1. The minimum Gasteiger partial charge on any atom is -0.367 e. The van der Waals surface area contributed by atoms with Crippen LogP contribution in [0.3, 0.4) is 0 Å². The number of hydrogen-bond acceptors (Lipinski definition) is 5. The summed E-state index contributed by atoms with van der Waals surface area (Å²) in [6, 6.07) is 1.82. The van der Waals surface area contributed by atoms with E-state index in [1.807, 2.05) is 13.0 Å². The molecular formula is C15H23N3O3S. The van der Waals surface area contributed by atoms with Gasteiger partial charge in [-0.2, -0.15) is 4.31 Å². The Hall–Kier alpha value is -1.05. The first-order chi connectivity index (χ1) is 10.6. The van der Waals surface area contributed by atoms with Gasteiger partial charge in [0.2, 0.25) is 10.0 Å². The predicted octanol–water partition coefficient (Wildman–Crippen LogP) is 1.82. The maximum atomic E-state index is 12.8. The number of sulfonamides is 1. The van der Waals surface area contributed by atoms with Crippen molar-refractivity contribution in [2.45, 2.75) is 50.4 Å². The van der Waals surface area contributed by atoms with Crippen molar-refractivity contribution in [2.75, 3.05) is 19.7 Å². The molecule has 2 heterocycles. The fourth-order valence-electron chi connectivity index (χ4n) is 3.21. The van der Waals surface area contributed by atoms with Crippen LogP contribution in [0.25, 0.3) is 0 Å². The normalized spacial score (nSPS) is 25.2. The molecule has 0 spiro atoms. The Morgan fingerprint density at radius 2 is 2.05 bits per heavy atom. The Balaban J connectivity index is 1.75. The third-order valence-corrected chi connectivity index (χ3v) is 6.83. The van der Waals surface area contributed by atoms with Gasteiger partial charge < -0.3 is 4.74 Å². The molecule has 0 amide bonds. The molecule has 7 heteroatoms. The fourth-order valence-corrected chi connectivity index (χ4v) is 5.23. The Morgan fingerprint density at radius 1 is 1.27 bits per heavy atom. The molecule has 0 aromatic carbocycles. The van der Waals surface area contributed by atoms with E-state index in [1.54, 1.807) is 10.5 Å². The highest BCUT2D eigenvalue weighted by Gasteiger charge is 2.37. The summed E-state index contributed by atoms with van der Waals surface area (Å²) in [6.07, 6.45) is 6.06. The lowest BCUT2D eigenvalue weighted by Crippen LogP contribution is -2.47. The van der Waals surface area contributed by atoms with Crippen LogP contribution in [0.1, 0.15) is 49.7 Å². The van der Waals surface area contributed by atoms with Gasteiger partial charge >= 0.3 is 0 Å². The summed E-state index contributed by atoms with van der Waals surface area (Å²) >= 11 is 0. The molecule has 1 aliphatic carbocycles.